The Morgan fingerprint density at radius 1 is 1.00 bits per heavy atom. The number of rotatable bonds is 11. The molecule has 3 aromatic carbocycles. The largest absolute Gasteiger partial charge is 0.497 e. The number of benzene rings is 3. The first kappa shape index (κ1) is 32.9. The molecule has 0 fully saturated rings. The Morgan fingerprint density at radius 2 is 1.67 bits per heavy atom. The van der Waals surface area contributed by atoms with Gasteiger partial charge in [0.05, 0.1) is 17.7 Å². The Kier molecular flexibility index (Phi) is 10.7. The summed E-state index contributed by atoms with van der Waals surface area (Å²) in [4.78, 5) is 29.1. The van der Waals surface area contributed by atoms with E-state index in [1.54, 1.807) is 49.6 Å². The first-order chi connectivity index (χ1) is 19.7. The molecule has 10 heteroatoms. The zero-order valence-corrected chi connectivity index (χ0v) is 26.8. The molecular weight excluding hydrogens is 574 g/mol. The molecule has 3 rings (SSSR count). The molecule has 0 radical (unpaired) electrons. The number of anilines is 1. The van der Waals surface area contributed by atoms with Crippen LogP contribution < -0.4 is 14.4 Å². The molecule has 1 N–H and O–H groups in total. The van der Waals surface area contributed by atoms with Crippen molar-refractivity contribution in [1.29, 1.82) is 0 Å². The zero-order valence-electron chi connectivity index (χ0n) is 25.3. The average Bonchev–Trinajstić information content (AvgIpc) is 2.92. The van der Waals surface area contributed by atoms with Crippen molar-refractivity contribution in [3.8, 4) is 5.75 Å². The minimum absolute atomic E-state index is 0.0365. The number of aryl methyl sites for hydroxylation is 2. The summed E-state index contributed by atoms with van der Waals surface area (Å²) >= 11 is 6.40. The van der Waals surface area contributed by atoms with E-state index in [9.17, 15) is 18.0 Å². The topological polar surface area (TPSA) is 96.0 Å². The smallest absolute Gasteiger partial charge is 0.264 e. The van der Waals surface area contributed by atoms with Crippen molar-refractivity contribution in [2.24, 2.45) is 0 Å². The molecule has 8 nitrogen and oxygen atoms in total. The monoisotopic (exact) mass is 613 g/mol. The van der Waals surface area contributed by atoms with E-state index >= 15 is 0 Å². The summed E-state index contributed by atoms with van der Waals surface area (Å²) in [5.74, 6) is -0.265. The molecule has 2 amide bonds. The molecule has 42 heavy (non-hydrogen) atoms. The van der Waals surface area contributed by atoms with Gasteiger partial charge in [-0.1, -0.05) is 54.4 Å². The van der Waals surface area contributed by atoms with Crippen LogP contribution in [0.15, 0.2) is 71.6 Å². The van der Waals surface area contributed by atoms with Crippen LogP contribution >= 0.6 is 11.6 Å². The number of hydrogen-bond acceptors (Lipinski definition) is 5. The fraction of sp³-hybridized carbons (Fsp3) is 0.375. The summed E-state index contributed by atoms with van der Waals surface area (Å²) < 4.78 is 34.4. The quantitative estimate of drug-likeness (QED) is 0.291. The van der Waals surface area contributed by atoms with Crippen molar-refractivity contribution in [2.45, 2.75) is 71.0 Å². The number of hydrogen-bond donors (Lipinski definition) is 1. The molecule has 0 aromatic heterocycles. The average molecular weight is 614 g/mol. The van der Waals surface area contributed by atoms with E-state index in [4.69, 9.17) is 16.3 Å². The van der Waals surface area contributed by atoms with Gasteiger partial charge in [-0.3, -0.25) is 13.9 Å². The Bertz CT molecular complexity index is 1520. The highest BCUT2D eigenvalue weighted by Gasteiger charge is 2.34. The van der Waals surface area contributed by atoms with Crippen LogP contribution in [0.25, 0.3) is 0 Å². The number of halogens is 1. The maximum absolute atomic E-state index is 14.2. The molecule has 0 bridgehead atoms. The Labute approximate surface area is 254 Å². The molecule has 1 atom stereocenters. The highest BCUT2D eigenvalue weighted by molar-refractivity contribution is 7.92. The number of nitrogens with zero attached hydrogens (tertiary/aromatic N) is 2. The molecular formula is C32H40ClN3O5S. The van der Waals surface area contributed by atoms with E-state index in [0.717, 1.165) is 21.0 Å². The minimum atomic E-state index is -4.19. The molecule has 0 saturated carbocycles. The second-order valence-corrected chi connectivity index (χ2v) is 13.6. The molecule has 0 spiro atoms. The summed E-state index contributed by atoms with van der Waals surface area (Å²) in [5, 5.41) is 3.34. The SMILES string of the molecule is CC[C@H](C(=O)NC(C)(C)C)N(Cc1cccc(OC)c1)C(=O)CN(c1ccc(C)c(Cl)c1)S(=O)(=O)c1ccc(C)cc1. The van der Waals surface area contributed by atoms with Crippen LogP contribution in [0.1, 0.15) is 50.8 Å². The van der Waals surface area contributed by atoms with Crippen LogP contribution in [0.2, 0.25) is 5.02 Å². The predicted octanol–water partition coefficient (Wildman–Crippen LogP) is 5.88. The number of sulfonamides is 1. The maximum atomic E-state index is 14.2. The van der Waals surface area contributed by atoms with Gasteiger partial charge in [-0.2, -0.15) is 0 Å². The molecule has 0 heterocycles. The number of carbonyl (C=O) groups is 2. The molecule has 0 aliphatic rings. The normalized spacial score (nSPS) is 12.4. The molecule has 0 aliphatic heterocycles. The van der Waals surface area contributed by atoms with Crippen molar-refractivity contribution in [2.75, 3.05) is 18.0 Å². The van der Waals surface area contributed by atoms with Gasteiger partial charge in [0.25, 0.3) is 10.0 Å². The lowest BCUT2D eigenvalue weighted by molar-refractivity contribution is -0.141. The molecule has 0 unspecified atom stereocenters. The van der Waals surface area contributed by atoms with Gasteiger partial charge in [0.2, 0.25) is 11.8 Å². The number of carbonyl (C=O) groups excluding carboxylic acids is 2. The van der Waals surface area contributed by atoms with Crippen LogP contribution in [0.4, 0.5) is 5.69 Å². The second-order valence-electron chi connectivity index (χ2n) is 11.3. The fourth-order valence-corrected chi connectivity index (χ4v) is 6.02. The summed E-state index contributed by atoms with van der Waals surface area (Å²) in [6.07, 6.45) is 0.318. The minimum Gasteiger partial charge on any atom is -0.497 e. The van der Waals surface area contributed by atoms with Crippen molar-refractivity contribution < 1.29 is 22.7 Å². The van der Waals surface area contributed by atoms with Gasteiger partial charge in [0.15, 0.2) is 0 Å². The summed E-state index contributed by atoms with van der Waals surface area (Å²) in [6, 6.07) is 17.6. The van der Waals surface area contributed by atoms with Crippen molar-refractivity contribution in [3.05, 3.63) is 88.4 Å². The van der Waals surface area contributed by atoms with Crippen LogP contribution in [-0.4, -0.2) is 50.4 Å². The Hall–Kier alpha value is -3.56. The lowest BCUT2D eigenvalue weighted by Crippen LogP contribution is -2.55. The Balaban J connectivity index is 2.11. The third-order valence-corrected chi connectivity index (χ3v) is 8.90. The lowest BCUT2D eigenvalue weighted by atomic mass is 10.1. The van der Waals surface area contributed by atoms with Crippen molar-refractivity contribution in [1.82, 2.24) is 10.2 Å². The van der Waals surface area contributed by atoms with Crippen LogP contribution in [0.5, 0.6) is 5.75 Å². The number of nitrogens with one attached hydrogen (secondary N) is 1. The number of ether oxygens (including phenoxy) is 1. The van der Waals surface area contributed by atoms with Crippen LogP contribution in [0.3, 0.4) is 0 Å². The van der Waals surface area contributed by atoms with E-state index < -0.39 is 34.1 Å². The van der Waals surface area contributed by atoms with E-state index in [2.05, 4.69) is 5.32 Å². The number of amides is 2. The van der Waals surface area contributed by atoms with Crippen molar-refractivity contribution in [3.63, 3.8) is 0 Å². The van der Waals surface area contributed by atoms with E-state index in [0.29, 0.717) is 17.2 Å². The highest BCUT2D eigenvalue weighted by atomic mass is 35.5. The maximum Gasteiger partial charge on any atom is 0.264 e. The summed E-state index contributed by atoms with van der Waals surface area (Å²) in [6.45, 7) is 10.6. The molecule has 226 valence electrons. The first-order valence-corrected chi connectivity index (χ1v) is 15.6. The van der Waals surface area contributed by atoms with Gasteiger partial charge in [-0.15, -0.1) is 0 Å². The van der Waals surface area contributed by atoms with Crippen LogP contribution in [0, 0.1) is 13.8 Å². The number of methoxy groups -OCH3 is 1. The molecule has 0 saturated heterocycles. The predicted molar refractivity (Wildman–Crippen MR) is 167 cm³/mol. The van der Waals surface area contributed by atoms with Gasteiger partial charge < -0.3 is 15.0 Å². The zero-order chi connectivity index (χ0) is 31.2. The van der Waals surface area contributed by atoms with E-state index in [1.165, 1.54) is 23.1 Å². The van der Waals surface area contributed by atoms with E-state index in [-0.39, 0.29) is 23.0 Å². The molecule has 0 aliphatic carbocycles. The third-order valence-electron chi connectivity index (χ3n) is 6.70. The fourth-order valence-electron chi connectivity index (χ4n) is 4.44. The third kappa shape index (κ3) is 8.26. The Morgan fingerprint density at radius 3 is 2.24 bits per heavy atom. The second kappa shape index (κ2) is 13.6. The van der Waals surface area contributed by atoms with Gasteiger partial charge in [-0.05, 0) is 88.6 Å². The van der Waals surface area contributed by atoms with Gasteiger partial charge >= 0.3 is 0 Å². The van der Waals surface area contributed by atoms with Gasteiger partial charge in [0, 0.05) is 17.1 Å². The lowest BCUT2D eigenvalue weighted by Gasteiger charge is -2.35. The van der Waals surface area contributed by atoms with Gasteiger partial charge in [0.1, 0.15) is 18.3 Å². The summed E-state index contributed by atoms with van der Waals surface area (Å²) in [7, 11) is -2.64. The standard InChI is InChI=1S/C32H40ClN3O5S/c1-8-29(31(38)34-32(4,5)6)35(20-24-10-9-11-26(18-24)41-7)30(37)21-36(25-15-14-23(3)28(33)19-25)42(39,40)27-16-12-22(2)13-17-27/h9-19,29H,8,20-21H2,1-7H3,(H,34,38)/t29-/m1/s1. The van der Waals surface area contributed by atoms with E-state index in [1.807, 2.05) is 47.6 Å². The summed E-state index contributed by atoms with van der Waals surface area (Å²) in [5.41, 5.74) is 2.11. The van der Waals surface area contributed by atoms with Crippen LogP contribution in [-0.2, 0) is 26.2 Å². The molecule has 3 aromatic rings. The van der Waals surface area contributed by atoms with Crippen molar-refractivity contribution >= 4 is 39.1 Å². The van der Waals surface area contributed by atoms with Gasteiger partial charge in [-0.25, -0.2) is 8.42 Å². The highest BCUT2D eigenvalue weighted by Crippen LogP contribution is 2.29. The first-order valence-electron chi connectivity index (χ1n) is 13.8.